The molecule has 0 unspecified atom stereocenters. The number of anilines is 1. The highest BCUT2D eigenvalue weighted by Crippen LogP contribution is 2.24. The number of hydrogen-bond acceptors (Lipinski definition) is 5. The summed E-state index contributed by atoms with van der Waals surface area (Å²) in [6.07, 6.45) is 1.28. The van der Waals surface area contributed by atoms with Crippen LogP contribution >= 0.6 is 0 Å². The van der Waals surface area contributed by atoms with E-state index >= 15 is 0 Å². The third-order valence-corrected chi connectivity index (χ3v) is 4.96. The van der Waals surface area contributed by atoms with E-state index < -0.39 is 0 Å². The van der Waals surface area contributed by atoms with Crippen LogP contribution in [0.25, 0.3) is 11.0 Å². The maximum Gasteiger partial charge on any atom is 0.262 e. The first-order valence-electron chi connectivity index (χ1n) is 10.2. The molecule has 0 atom stereocenters. The Labute approximate surface area is 185 Å². The number of nitrogens with one attached hydrogen (secondary N) is 1. The third-order valence-electron chi connectivity index (χ3n) is 4.96. The van der Waals surface area contributed by atoms with E-state index in [0.29, 0.717) is 22.5 Å². The van der Waals surface area contributed by atoms with Gasteiger partial charge in [-0.3, -0.25) is 9.59 Å². The molecule has 0 aliphatic carbocycles. The average Bonchev–Trinajstić information content (AvgIpc) is 2.76. The number of amides is 1. The van der Waals surface area contributed by atoms with Crippen LogP contribution in [0.4, 0.5) is 5.69 Å². The van der Waals surface area contributed by atoms with Crippen LogP contribution in [0.15, 0.2) is 76.1 Å². The number of hydrogen-bond donors (Lipinski definition) is 1. The summed E-state index contributed by atoms with van der Waals surface area (Å²) >= 11 is 0. The van der Waals surface area contributed by atoms with Crippen LogP contribution in [0.1, 0.15) is 16.7 Å². The summed E-state index contributed by atoms with van der Waals surface area (Å²) in [7, 11) is 0. The molecule has 0 saturated carbocycles. The molecule has 6 heteroatoms. The lowest BCUT2D eigenvalue weighted by Crippen LogP contribution is -2.20. The van der Waals surface area contributed by atoms with Crippen LogP contribution in [0.5, 0.6) is 17.2 Å². The predicted octanol–water partition coefficient (Wildman–Crippen LogP) is 5.53. The molecule has 0 radical (unpaired) electrons. The Bertz CT molecular complexity index is 1360. The Morgan fingerprint density at radius 1 is 0.938 bits per heavy atom. The molecule has 0 aliphatic rings. The van der Waals surface area contributed by atoms with Gasteiger partial charge in [-0.2, -0.15) is 0 Å². The number of fused-ring (bicyclic) bond motifs is 1. The summed E-state index contributed by atoms with van der Waals surface area (Å²) in [5.41, 5.74) is 3.94. The summed E-state index contributed by atoms with van der Waals surface area (Å²) in [6.45, 7) is 5.71. The fourth-order valence-corrected chi connectivity index (χ4v) is 3.35. The van der Waals surface area contributed by atoms with Crippen molar-refractivity contribution in [3.8, 4) is 17.2 Å². The number of benzene rings is 3. The highest BCUT2D eigenvalue weighted by Gasteiger charge is 2.12. The summed E-state index contributed by atoms with van der Waals surface area (Å²) in [5.74, 6) is 0.806. The van der Waals surface area contributed by atoms with Crippen LogP contribution < -0.4 is 20.2 Å². The first-order chi connectivity index (χ1) is 15.4. The molecule has 0 fully saturated rings. The van der Waals surface area contributed by atoms with Gasteiger partial charge in [0.2, 0.25) is 11.2 Å². The van der Waals surface area contributed by atoms with Crippen molar-refractivity contribution in [2.24, 2.45) is 0 Å². The second kappa shape index (κ2) is 8.98. The molecule has 162 valence electrons. The van der Waals surface area contributed by atoms with Crippen molar-refractivity contribution < 1.29 is 18.7 Å². The smallest absolute Gasteiger partial charge is 0.262 e. The fraction of sp³-hybridized carbons (Fsp3) is 0.154. The van der Waals surface area contributed by atoms with Crippen LogP contribution in [-0.2, 0) is 4.79 Å². The van der Waals surface area contributed by atoms with Gasteiger partial charge < -0.3 is 19.2 Å². The normalized spacial score (nSPS) is 10.7. The van der Waals surface area contributed by atoms with E-state index in [1.54, 1.807) is 24.3 Å². The van der Waals surface area contributed by atoms with Gasteiger partial charge in [0.1, 0.15) is 23.3 Å². The number of carbonyl (C=O) groups excluding carboxylic acids is 1. The first-order valence-corrected chi connectivity index (χ1v) is 10.2. The summed E-state index contributed by atoms with van der Waals surface area (Å²) < 4.78 is 16.9. The highest BCUT2D eigenvalue weighted by atomic mass is 16.5. The molecule has 4 aromatic rings. The second-order valence-corrected chi connectivity index (χ2v) is 7.66. The standard InChI is InChI=1S/C26H23NO5/c1-16-5-4-6-20(12-16)32-24-14-31-23-13-19(8-9-21(23)26(24)29)30-15-25(28)27-22-10-7-17(2)11-18(22)3/h4-14H,15H2,1-3H3,(H,27,28). The zero-order valence-corrected chi connectivity index (χ0v) is 18.1. The summed E-state index contributed by atoms with van der Waals surface area (Å²) in [6, 6.07) is 18.0. The van der Waals surface area contributed by atoms with Gasteiger partial charge >= 0.3 is 0 Å². The van der Waals surface area contributed by atoms with Gasteiger partial charge in [-0.15, -0.1) is 0 Å². The molecule has 1 amide bonds. The van der Waals surface area contributed by atoms with Gasteiger partial charge in [0.25, 0.3) is 5.91 Å². The predicted molar refractivity (Wildman–Crippen MR) is 124 cm³/mol. The van der Waals surface area contributed by atoms with Crippen molar-refractivity contribution in [1.29, 1.82) is 0 Å². The molecule has 0 spiro atoms. The van der Waals surface area contributed by atoms with Crippen LogP contribution in [0.3, 0.4) is 0 Å². The van der Waals surface area contributed by atoms with Gasteiger partial charge in [0.05, 0.1) is 5.39 Å². The van der Waals surface area contributed by atoms with E-state index in [-0.39, 0.29) is 23.7 Å². The van der Waals surface area contributed by atoms with Gasteiger partial charge in [-0.05, 0) is 62.2 Å². The van der Waals surface area contributed by atoms with Crippen LogP contribution in [0, 0.1) is 20.8 Å². The number of ether oxygens (including phenoxy) is 2. The molecule has 1 aromatic heterocycles. The van der Waals surface area contributed by atoms with E-state index in [9.17, 15) is 9.59 Å². The van der Waals surface area contributed by atoms with Crippen molar-refractivity contribution in [3.05, 3.63) is 93.8 Å². The minimum atomic E-state index is -0.285. The summed E-state index contributed by atoms with van der Waals surface area (Å²) in [4.78, 5) is 25.0. The minimum absolute atomic E-state index is 0.101. The largest absolute Gasteiger partial charge is 0.484 e. The SMILES string of the molecule is Cc1cccc(Oc2coc3cc(OCC(=O)Nc4ccc(C)cc4C)ccc3c2=O)c1. The number of aryl methyl sites for hydroxylation is 3. The number of rotatable bonds is 6. The molecule has 4 rings (SSSR count). The lowest BCUT2D eigenvalue weighted by molar-refractivity contribution is -0.118. The molecule has 0 aliphatic heterocycles. The fourth-order valence-electron chi connectivity index (χ4n) is 3.35. The maximum absolute atomic E-state index is 12.8. The zero-order valence-electron chi connectivity index (χ0n) is 18.1. The molecular formula is C26H23NO5. The van der Waals surface area contributed by atoms with Gasteiger partial charge in [-0.1, -0.05) is 29.8 Å². The van der Waals surface area contributed by atoms with E-state index in [4.69, 9.17) is 13.9 Å². The molecular weight excluding hydrogens is 406 g/mol. The molecule has 32 heavy (non-hydrogen) atoms. The van der Waals surface area contributed by atoms with Gasteiger partial charge in [0, 0.05) is 11.8 Å². The third kappa shape index (κ3) is 4.81. The lowest BCUT2D eigenvalue weighted by atomic mass is 10.1. The molecule has 1 heterocycles. The molecule has 1 N–H and O–H groups in total. The quantitative estimate of drug-likeness (QED) is 0.436. The van der Waals surface area contributed by atoms with Gasteiger partial charge in [-0.25, -0.2) is 0 Å². The maximum atomic E-state index is 12.8. The Kier molecular flexibility index (Phi) is 5.94. The van der Waals surface area contributed by atoms with E-state index in [1.807, 2.05) is 57.2 Å². The Hall–Kier alpha value is -4.06. The van der Waals surface area contributed by atoms with E-state index in [0.717, 1.165) is 22.4 Å². The Morgan fingerprint density at radius 3 is 2.53 bits per heavy atom. The Morgan fingerprint density at radius 2 is 1.75 bits per heavy atom. The topological polar surface area (TPSA) is 77.8 Å². The van der Waals surface area contributed by atoms with E-state index in [1.165, 1.54) is 6.26 Å². The van der Waals surface area contributed by atoms with Crippen LogP contribution in [-0.4, -0.2) is 12.5 Å². The lowest BCUT2D eigenvalue weighted by Gasteiger charge is -2.11. The first kappa shape index (κ1) is 21.2. The van der Waals surface area contributed by atoms with E-state index in [2.05, 4.69) is 5.32 Å². The molecule has 3 aromatic carbocycles. The highest BCUT2D eigenvalue weighted by molar-refractivity contribution is 5.92. The number of carbonyl (C=O) groups is 1. The molecule has 6 nitrogen and oxygen atoms in total. The van der Waals surface area contributed by atoms with Gasteiger partial charge in [0.15, 0.2) is 6.61 Å². The van der Waals surface area contributed by atoms with Crippen molar-refractivity contribution in [2.45, 2.75) is 20.8 Å². The molecule has 0 bridgehead atoms. The Balaban J connectivity index is 1.45. The zero-order chi connectivity index (χ0) is 22.7. The second-order valence-electron chi connectivity index (χ2n) is 7.66. The summed E-state index contributed by atoms with van der Waals surface area (Å²) in [5, 5.41) is 3.20. The molecule has 0 saturated heterocycles. The van der Waals surface area contributed by atoms with Crippen LogP contribution in [0.2, 0.25) is 0 Å². The van der Waals surface area contributed by atoms with Crippen molar-refractivity contribution in [1.82, 2.24) is 0 Å². The van der Waals surface area contributed by atoms with Crippen molar-refractivity contribution in [3.63, 3.8) is 0 Å². The monoisotopic (exact) mass is 429 g/mol. The minimum Gasteiger partial charge on any atom is -0.484 e. The van der Waals surface area contributed by atoms with Crippen molar-refractivity contribution in [2.75, 3.05) is 11.9 Å². The van der Waals surface area contributed by atoms with Crippen molar-refractivity contribution >= 4 is 22.6 Å². The average molecular weight is 429 g/mol.